The molecule has 2 rings (SSSR count). The Morgan fingerprint density at radius 1 is 1.31 bits per heavy atom. The molecule has 0 aromatic rings. The molecule has 2 fully saturated rings. The van der Waals surface area contributed by atoms with Crippen LogP contribution >= 0.6 is 11.8 Å². The lowest BCUT2D eigenvalue weighted by Crippen LogP contribution is -2.33. The van der Waals surface area contributed by atoms with Crippen LogP contribution in [0.2, 0.25) is 0 Å². The lowest BCUT2D eigenvalue weighted by molar-refractivity contribution is -0.119. The Hall–Kier alpha value is -0.0200. The van der Waals surface area contributed by atoms with Gasteiger partial charge in [-0.05, 0) is 19.3 Å². The van der Waals surface area contributed by atoms with E-state index < -0.39 is 0 Å². The van der Waals surface area contributed by atoms with E-state index in [2.05, 4.69) is 0 Å². The summed E-state index contributed by atoms with van der Waals surface area (Å²) < 4.78 is 5.69. The Balaban J connectivity index is 2.02. The zero-order valence-electron chi connectivity index (χ0n) is 7.88. The van der Waals surface area contributed by atoms with E-state index in [1.165, 1.54) is 6.42 Å². The van der Waals surface area contributed by atoms with Crippen molar-refractivity contribution in [2.45, 2.75) is 36.9 Å². The summed E-state index contributed by atoms with van der Waals surface area (Å²) >= 11 is 2.00. The molecule has 0 aromatic carbocycles. The number of thioether (sulfide) groups is 1. The SMILES string of the molecule is O=C1CCSC2(CCCOCC2)C1. The molecule has 2 aliphatic heterocycles. The molecule has 74 valence electrons. The number of ether oxygens (including phenoxy) is 1. The molecule has 0 N–H and O–H groups in total. The summed E-state index contributed by atoms with van der Waals surface area (Å²) in [4.78, 5) is 11.4. The first-order valence-corrected chi connectivity index (χ1v) is 6.03. The summed E-state index contributed by atoms with van der Waals surface area (Å²) in [6, 6.07) is 0. The first-order chi connectivity index (χ1) is 6.31. The summed E-state index contributed by atoms with van der Waals surface area (Å²) in [6.07, 6.45) is 4.95. The Morgan fingerprint density at radius 2 is 2.23 bits per heavy atom. The minimum Gasteiger partial charge on any atom is -0.381 e. The highest BCUT2D eigenvalue weighted by Crippen LogP contribution is 2.42. The maximum atomic E-state index is 11.4. The van der Waals surface area contributed by atoms with Gasteiger partial charge in [0.25, 0.3) is 0 Å². The second kappa shape index (κ2) is 4.01. The van der Waals surface area contributed by atoms with E-state index in [1.54, 1.807) is 0 Å². The van der Waals surface area contributed by atoms with Gasteiger partial charge in [0.1, 0.15) is 5.78 Å². The van der Waals surface area contributed by atoms with Crippen LogP contribution in [0.5, 0.6) is 0 Å². The molecule has 0 aromatic heterocycles. The first kappa shape index (κ1) is 9.53. The van der Waals surface area contributed by atoms with Crippen LogP contribution in [0.25, 0.3) is 0 Å². The van der Waals surface area contributed by atoms with Gasteiger partial charge in [0.05, 0.1) is 0 Å². The molecule has 1 atom stereocenters. The Morgan fingerprint density at radius 3 is 3.08 bits per heavy atom. The number of carbonyl (C=O) groups is 1. The highest BCUT2D eigenvalue weighted by molar-refractivity contribution is 8.00. The van der Waals surface area contributed by atoms with Crippen LogP contribution in [-0.2, 0) is 9.53 Å². The molecule has 0 radical (unpaired) electrons. The molecule has 13 heavy (non-hydrogen) atoms. The number of rotatable bonds is 0. The molecule has 0 saturated carbocycles. The monoisotopic (exact) mass is 200 g/mol. The predicted octanol–water partition coefficient (Wildman–Crippen LogP) is 2.02. The van der Waals surface area contributed by atoms with Crippen molar-refractivity contribution in [2.75, 3.05) is 19.0 Å². The van der Waals surface area contributed by atoms with Crippen LogP contribution in [0.4, 0.5) is 0 Å². The lowest BCUT2D eigenvalue weighted by Gasteiger charge is -2.34. The molecule has 2 nitrogen and oxygen atoms in total. The van der Waals surface area contributed by atoms with E-state index >= 15 is 0 Å². The van der Waals surface area contributed by atoms with Crippen molar-refractivity contribution in [2.24, 2.45) is 0 Å². The third-order valence-corrected chi connectivity index (χ3v) is 4.50. The van der Waals surface area contributed by atoms with Gasteiger partial charge < -0.3 is 4.74 Å². The standard InChI is InChI=1S/C10H16O2S/c11-9-2-7-13-10(8-9)3-1-5-12-6-4-10/h1-8H2. The van der Waals surface area contributed by atoms with Crippen molar-refractivity contribution >= 4 is 17.5 Å². The van der Waals surface area contributed by atoms with Gasteiger partial charge in [0.2, 0.25) is 0 Å². The summed E-state index contributed by atoms with van der Waals surface area (Å²) in [5.41, 5.74) is 0. The molecule has 1 spiro atoms. The Labute approximate surface area is 83.4 Å². The third kappa shape index (κ3) is 2.26. The lowest BCUT2D eigenvalue weighted by atomic mass is 9.92. The fourth-order valence-corrected chi connectivity index (χ4v) is 3.73. The average Bonchev–Trinajstić information content (AvgIpc) is 2.31. The molecule has 0 bridgehead atoms. The number of ketones is 1. The quantitative estimate of drug-likeness (QED) is 0.598. The molecule has 0 aliphatic carbocycles. The van der Waals surface area contributed by atoms with Crippen LogP contribution in [0.1, 0.15) is 32.1 Å². The summed E-state index contributed by atoms with van der Waals surface area (Å²) in [5.74, 6) is 1.49. The van der Waals surface area contributed by atoms with Gasteiger partial charge in [0, 0.05) is 36.6 Å². The zero-order valence-corrected chi connectivity index (χ0v) is 8.70. The van der Waals surface area contributed by atoms with E-state index in [4.69, 9.17) is 4.74 Å². The zero-order chi connectivity index (χ0) is 9.15. The average molecular weight is 200 g/mol. The minimum absolute atomic E-state index is 0.256. The fourth-order valence-electron chi connectivity index (χ4n) is 2.18. The van der Waals surface area contributed by atoms with Crippen molar-refractivity contribution in [3.8, 4) is 0 Å². The number of hydrogen-bond acceptors (Lipinski definition) is 3. The van der Waals surface area contributed by atoms with E-state index in [0.717, 1.165) is 44.6 Å². The van der Waals surface area contributed by atoms with Crippen molar-refractivity contribution in [3.63, 3.8) is 0 Å². The molecule has 1 unspecified atom stereocenters. The molecule has 2 heterocycles. The smallest absolute Gasteiger partial charge is 0.135 e. The Bertz CT molecular complexity index is 195. The van der Waals surface area contributed by atoms with Crippen LogP contribution < -0.4 is 0 Å². The topological polar surface area (TPSA) is 26.3 Å². The highest BCUT2D eigenvalue weighted by atomic mass is 32.2. The normalized spacial score (nSPS) is 36.2. The van der Waals surface area contributed by atoms with E-state index in [1.807, 2.05) is 11.8 Å². The third-order valence-electron chi connectivity index (χ3n) is 2.93. The van der Waals surface area contributed by atoms with Gasteiger partial charge in [-0.3, -0.25) is 4.79 Å². The van der Waals surface area contributed by atoms with Crippen LogP contribution in [0.15, 0.2) is 0 Å². The molecule has 2 saturated heterocycles. The van der Waals surface area contributed by atoms with Gasteiger partial charge in [-0.25, -0.2) is 0 Å². The van der Waals surface area contributed by atoms with Gasteiger partial charge in [-0.1, -0.05) is 0 Å². The molecular weight excluding hydrogens is 184 g/mol. The molecular formula is C10H16O2S. The number of hydrogen-bond donors (Lipinski definition) is 0. The largest absolute Gasteiger partial charge is 0.381 e. The highest BCUT2D eigenvalue weighted by Gasteiger charge is 2.36. The molecule has 0 amide bonds. The maximum Gasteiger partial charge on any atom is 0.135 e. The fraction of sp³-hybridized carbons (Fsp3) is 0.900. The van der Waals surface area contributed by atoms with Crippen LogP contribution in [-0.4, -0.2) is 29.5 Å². The van der Waals surface area contributed by atoms with E-state index in [9.17, 15) is 4.79 Å². The van der Waals surface area contributed by atoms with Crippen LogP contribution in [0, 0.1) is 0 Å². The first-order valence-electron chi connectivity index (χ1n) is 5.04. The summed E-state index contributed by atoms with van der Waals surface area (Å²) in [5, 5.41) is 0. The molecule has 2 aliphatic rings. The van der Waals surface area contributed by atoms with Crippen molar-refractivity contribution in [1.29, 1.82) is 0 Å². The molecule has 3 heteroatoms. The second-order valence-electron chi connectivity index (χ2n) is 3.96. The van der Waals surface area contributed by atoms with Crippen LogP contribution in [0.3, 0.4) is 0 Å². The van der Waals surface area contributed by atoms with Gasteiger partial charge in [-0.15, -0.1) is 0 Å². The predicted molar refractivity (Wildman–Crippen MR) is 54.1 cm³/mol. The van der Waals surface area contributed by atoms with E-state index in [0.29, 0.717) is 5.78 Å². The number of Topliss-reactive ketones (excluding diaryl/α,β-unsaturated/α-hetero) is 1. The maximum absolute atomic E-state index is 11.4. The summed E-state index contributed by atoms with van der Waals surface area (Å²) in [7, 11) is 0. The second-order valence-corrected chi connectivity index (χ2v) is 5.53. The van der Waals surface area contributed by atoms with Gasteiger partial charge >= 0.3 is 0 Å². The van der Waals surface area contributed by atoms with Crippen molar-refractivity contribution in [3.05, 3.63) is 0 Å². The van der Waals surface area contributed by atoms with Gasteiger partial charge in [0.15, 0.2) is 0 Å². The minimum atomic E-state index is 0.256. The Kier molecular flexibility index (Phi) is 2.94. The van der Waals surface area contributed by atoms with Crippen molar-refractivity contribution < 1.29 is 9.53 Å². The van der Waals surface area contributed by atoms with Crippen molar-refractivity contribution in [1.82, 2.24) is 0 Å². The summed E-state index contributed by atoms with van der Waals surface area (Å²) in [6.45, 7) is 1.73. The van der Waals surface area contributed by atoms with Gasteiger partial charge in [-0.2, -0.15) is 11.8 Å². The van der Waals surface area contributed by atoms with E-state index in [-0.39, 0.29) is 4.75 Å². The number of carbonyl (C=O) groups excluding carboxylic acids is 1.